The predicted molar refractivity (Wildman–Crippen MR) is 91.8 cm³/mol. The summed E-state index contributed by atoms with van der Waals surface area (Å²) in [6.07, 6.45) is 12.7. The van der Waals surface area contributed by atoms with Crippen molar-refractivity contribution in [3.05, 3.63) is 0 Å². The number of nitrogens with zero attached hydrogens (tertiary/aromatic N) is 1. The first-order valence-corrected chi connectivity index (χ1v) is 10.0. The molecule has 0 aromatic rings. The molecule has 0 radical (unpaired) electrons. The van der Waals surface area contributed by atoms with Crippen LogP contribution in [-0.4, -0.2) is 48.0 Å². The zero-order valence-electron chi connectivity index (χ0n) is 13.8. The minimum atomic E-state index is 0.0290. The summed E-state index contributed by atoms with van der Waals surface area (Å²) in [6, 6.07) is 0.0290. The van der Waals surface area contributed by atoms with Crippen molar-refractivity contribution in [3.8, 4) is 0 Å². The monoisotopic (exact) mass is 312 g/mol. The molecule has 0 aromatic carbocycles. The first kappa shape index (κ1) is 17.1. The average molecular weight is 313 g/mol. The lowest BCUT2D eigenvalue weighted by atomic mass is 9.89. The van der Waals surface area contributed by atoms with E-state index >= 15 is 0 Å². The number of carbonyl (C=O) groups excluding carboxylic acids is 1. The van der Waals surface area contributed by atoms with Gasteiger partial charge >= 0.3 is 0 Å². The summed E-state index contributed by atoms with van der Waals surface area (Å²) in [5, 5.41) is 3.91. The summed E-state index contributed by atoms with van der Waals surface area (Å²) in [5.41, 5.74) is 0. The highest BCUT2D eigenvalue weighted by atomic mass is 32.2. The van der Waals surface area contributed by atoms with Crippen molar-refractivity contribution in [2.75, 3.05) is 25.9 Å². The van der Waals surface area contributed by atoms with E-state index in [1.165, 1.54) is 51.4 Å². The lowest BCUT2D eigenvalue weighted by molar-refractivity contribution is -0.126. The Morgan fingerprint density at radius 1 is 1.19 bits per heavy atom. The van der Waals surface area contributed by atoms with Gasteiger partial charge in [0.15, 0.2) is 0 Å². The summed E-state index contributed by atoms with van der Waals surface area (Å²) in [4.78, 5) is 14.8. The Labute approximate surface area is 134 Å². The Morgan fingerprint density at radius 3 is 2.62 bits per heavy atom. The molecule has 1 saturated heterocycles. The number of carbonyl (C=O) groups is 1. The number of thioether (sulfide) groups is 1. The van der Waals surface area contributed by atoms with E-state index in [2.05, 4.69) is 23.4 Å². The van der Waals surface area contributed by atoms with Gasteiger partial charge in [0.1, 0.15) is 0 Å². The summed E-state index contributed by atoms with van der Waals surface area (Å²) in [7, 11) is 0. The second kappa shape index (κ2) is 9.04. The van der Waals surface area contributed by atoms with E-state index in [0.29, 0.717) is 5.25 Å². The number of hydrogen-bond acceptors (Lipinski definition) is 3. The fourth-order valence-corrected chi connectivity index (χ4v) is 4.37. The molecule has 0 spiro atoms. The van der Waals surface area contributed by atoms with Gasteiger partial charge in [-0.15, -0.1) is 0 Å². The van der Waals surface area contributed by atoms with Crippen molar-refractivity contribution in [1.82, 2.24) is 10.2 Å². The fraction of sp³-hybridized carbons (Fsp3) is 0.941. The predicted octanol–water partition coefficient (Wildman–Crippen LogP) is 3.29. The van der Waals surface area contributed by atoms with Gasteiger partial charge in [-0.3, -0.25) is 9.69 Å². The molecule has 2 aliphatic rings. The van der Waals surface area contributed by atoms with Crippen LogP contribution in [0.25, 0.3) is 0 Å². The molecule has 1 N–H and O–H groups in total. The van der Waals surface area contributed by atoms with Gasteiger partial charge in [0.25, 0.3) is 0 Å². The van der Waals surface area contributed by atoms with Crippen LogP contribution in [0.5, 0.6) is 0 Å². The third-order valence-corrected chi connectivity index (χ3v) is 6.26. The number of likely N-dealkylation sites (tertiary alicyclic amines) is 1. The van der Waals surface area contributed by atoms with Crippen molar-refractivity contribution in [1.29, 1.82) is 0 Å². The van der Waals surface area contributed by atoms with Crippen LogP contribution in [0.4, 0.5) is 0 Å². The first-order valence-electron chi connectivity index (χ1n) is 8.75. The standard InChI is InChI=1S/C17H32N2OS/c1-14(19-11-7-6-10-16(13-19)21-2)17(20)18-12-15-8-4-3-5-9-15/h14-16H,3-13H2,1-2H3,(H,18,20)/t14-,16+/m0/s1. The van der Waals surface area contributed by atoms with E-state index in [9.17, 15) is 4.79 Å². The Kier molecular flexibility index (Phi) is 7.38. The quantitative estimate of drug-likeness (QED) is 0.845. The summed E-state index contributed by atoms with van der Waals surface area (Å²) in [5.74, 6) is 0.959. The van der Waals surface area contributed by atoms with E-state index in [0.717, 1.165) is 25.6 Å². The van der Waals surface area contributed by atoms with E-state index < -0.39 is 0 Å². The fourth-order valence-electron chi connectivity index (χ4n) is 3.62. The van der Waals surface area contributed by atoms with Gasteiger partial charge in [-0.05, 0) is 51.3 Å². The van der Waals surface area contributed by atoms with Gasteiger partial charge in [-0.2, -0.15) is 11.8 Å². The van der Waals surface area contributed by atoms with E-state index in [4.69, 9.17) is 0 Å². The highest BCUT2D eigenvalue weighted by molar-refractivity contribution is 7.99. The van der Waals surface area contributed by atoms with Gasteiger partial charge in [0.2, 0.25) is 5.91 Å². The lowest BCUT2D eigenvalue weighted by Crippen LogP contribution is -2.48. The summed E-state index contributed by atoms with van der Waals surface area (Å²) >= 11 is 1.95. The number of nitrogens with one attached hydrogen (secondary N) is 1. The average Bonchev–Trinajstić information content (AvgIpc) is 2.78. The molecule has 0 bridgehead atoms. The van der Waals surface area contributed by atoms with Gasteiger partial charge in [-0.1, -0.05) is 25.7 Å². The normalized spacial score (nSPS) is 27.0. The zero-order valence-corrected chi connectivity index (χ0v) is 14.6. The molecule has 1 heterocycles. The van der Waals surface area contributed by atoms with Crippen LogP contribution < -0.4 is 5.32 Å². The number of hydrogen-bond donors (Lipinski definition) is 1. The van der Waals surface area contributed by atoms with Crippen LogP contribution in [-0.2, 0) is 4.79 Å². The molecule has 1 aliphatic carbocycles. The van der Waals surface area contributed by atoms with Gasteiger partial charge in [0.05, 0.1) is 6.04 Å². The maximum absolute atomic E-state index is 12.4. The Bertz CT molecular complexity index is 318. The van der Waals surface area contributed by atoms with Crippen LogP contribution in [0.2, 0.25) is 0 Å². The molecule has 1 aliphatic heterocycles. The van der Waals surface area contributed by atoms with Crippen LogP contribution in [0.1, 0.15) is 58.3 Å². The second-order valence-corrected chi connectivity index (χ2v) is 7.91. The highest BCUT2D eigenvalue weighted by Gasteiger charge is 2.26. The van der Waals surface area contributed by atoms with Crippen molar-refractivity contribution in [2.45, 2.75) is 69.6 Å². The SMILES string of the molecule is CS[C@@H]1CCCCN([C@@H](C)C(=O)NCC2CCCCC2)C1. The van der Waals surface area contributed by atoms with Gasteiger partial charge < -0.3 is 5.32 Å². The second-order valence-electron chi connectivity index (χ2n) is 6.77. The lowest BCUT2D eigenvalue weighted by Gasteiger charge is -2.30. The van der Waals surface area contributed by atoms with Gasteiger partial charge in [0, 0.05) is 18.3 Å². The van der Waals surface area contributed by atoms with Crippen molar-refractivity contribution < 1.29 is 4.79 Å². The third-order valence-electron chi connectivity index (χ3n) is 5.21. The maximum Gasteiger partial charge on any atom is 0.237 e. The van der Waals surface area contributed by atoms with Crippen molar-refractivity contribution >= 4 is 17.7 Å². The van der Waals surface area contributed by atoms with Gasteiger partial charge in [-0.25, -0.2) is 0 Å². The molecule has 0 aromatic heterocycles. The molecule has 1 saturated carbocycles. The minimum Gasteiger partial charge on any atom is -0.354 e. The first-order chi connectivity index (χ1) is 10.2. The topological polar surface area (TPSA) is 32.3 Å². The van der Waals surface area contributed by atoms with Crippen LogP contribution in [0.3, 0.4) is 0 Å². The van der Waals surface area contributed by atoms with E-state index in [1.54, 1.807) is 0 Å². The zero-order chi connectivity index (χ0) is 15.1. The largest absolute Gasteiger partial charge is 0.354 e. The van der Waals surface area contributed by atoms with E-state index in [1.807, 2.05) is 11.8 Å². The molecular weight excluding hydrogens is 280 g/mol. The number of amides is 1. The molecule has 0 unspecified atom stereocenters. The molecular formula is C17H32N2OS. The molecule has 21 heavy (non-hydrogen) atoms. The van der Waals surface area contributed by atoms with Crippen LogP contribution in [0, 0.1) is 5.92 Å². The van der Waals surface area contributed by atoms with E-state index in [-0.39, 0.29) is 11.9 Å². The van der Waals surface area contributed by atoms with Crippen LogP contribution >= 0.6 is 11.8 Å². The minimum absolute atomic E-state index is 0.0290. The molecule has 122 valence electrons. The molecule has 2 rings (SSSR count). The Morgan fingerprint density at radius 2 is 1.90 bits per heavy atom. The summed E-state index contributed by atoms with van der Waals surface area (Å²) in [6.45, 7) is 5.12. The highest BCUT2D eigenvalue weighted by Crippen LogP contribution is 2.23. The summed E-state index contributed by atoms with van der Waals surface area (Å²) < 4.78 is 0. The Balaban J connectivity index is 1.77. The molecule has 1 amide bonds. The molecule has 2 fully saturated rings. The van der Waals surface area contributed by atoms with Crippen LogP contribution in [0.15, 0.2) is 0 Å². The maximum atomic E-state index is 12.4. The van der Waals surface area contributed by atoms with Crippen molar-refractivity contribution in [2.24, 2.45) is 5.92 Å². The molecule has 2 atom stereocenters. The number of rotatable bonds is 5. The molecule has 3 nitrogen and oxygen atoms in total. The smallest absolute Gasteiger partial charge is 0.237 e. The Hall–Kier alpha value is -0.220. The molecule has 4 heteroatoms. The third kappa shape index (κ3) is 5.48. The van der Waals surface area contributed by atoms with Crippen molar-refractivity contribution in [3.63, 3.8) is 0 Å².